The number of amides is 1. The number of hydrogen-bond donors (Lipinski definition) is 3. The second-order valence-electron chi connectivity index (χ2n) is 5.51. The largest absolute Gasteiger partial charge is 0.480 e. The summed E-state index contributed by atoms with van der Waals surface area (Å²) in [6.07, 6.45) is 0. The number of aliphatic carboxylic acids is 1. The number of benzene rings is 2. The molecule has 0 saturated heterocycles. The van der Waals surface area contributed by atoms with Crippen molar-refractivity contribution in [1.82, 2.24) is 10.0 Å². The van der Waals surface area contributed by atoms with Crippen LogP contribution in [0.4, 0.5) is 0 Å². The van der Waals surface area contributed by atoms with Gasteiger partial charge in [-0.2, -0.15) is 4.72 Å². The molecule has 1 amide bonds. The highest BCUT2D eigenvalue weighted by Crippen LogP contribution is 2.12. The van der Waals surface area contributed by atoms with Crippen LogP contribution in [0.15, 0.2) is 53.4 Å². The summed E-state index contributed by atoms with van der Waals surface area (Å²) in [5.41, 5.74) is 1.15. The maximum Gasteiger partial charge on any atom is 0.321 e. The molecule has 2 aromatic rings. The van der Waals surface area contributed by atoms with Crippen molar-refractivity contribution in [2.45, 2.75) is 24.4 Å². The number of hydrogen-bond acceptors (Lipinski definition) is 4. The Balaban J connectivity index is 2.00. The topological polar surface area (TPSA) is 113 Å². The fraction of sp³-hybridized carbons (Fsp3) is 0.176. The van der Waals surface area contributed by atoms with Crippen LogP contribution in [-0.2, 0) is 21.4 Å². The quantitative estimate of drug-likeness (QED) is 0.662. The Bertz CT molecular complexity index is 896. The zero-order valence-corrected chi connectivity index (χ0v) is 15.3. The predicted molar refractivity (Wildman–Crippen MR) is 96.5 cm³/mol. The highest BCUT2D eigenvalue weighted by atomic mass is 35.5. The van der Waals surface area contributed by atoms with Crippen LogP contribution in [0.3, 0.4) is 0 Å². The molecule has 2 aromatic carbocycles. The number of rotatable bonds is 7. The number of nitrogens with one attached hydrogen (secondary N) is 2. The molecule has 2 rings (SSSR count). The Kier molecular flexibility index (Phi) is 6.36. The fourth-order valence-electron chi connectivity index (χ4n) is 2.02. The lowest BCUT2D eigenvalue weighted by molar-refractivity contribution is -0.138. The lowest BCUT2D eigenvalue weighted by Crippen LogP contribution is -2.38. The summed E-state index contributed by atoms with van der Waals surface area (Å²) in [5.74, 6) is -1.55. The number of sulfonamides is 1. The summed E-state index contributed by atoms with van der Waals surface area (Å²) in [6, 6.07) is 11.0. The first kappa shape index (κ1) is 19.9. The van der Waals surface area contributed by atoms with Crippen LogP contribution in [0.2, 0.25) is 5.02 Å². The maximum atomic E-state index is 12.1. The molecule has 0 unspecified atom stereocenters. The van der Waals surface area contributed by atoms with Gasteiger partial charge in [0.05, 0.1) is 4.90 Å². The molecule has 0 spiro atoms. The zero-order valence-electron chi connectivity index (χ0n) is 13.8. The molecule has 0 aliphatic carbocycles. The van der Waals surface area contributed by atoms with E-state index in [1.54, 1.807) is 36.4 Å². The molecule has 0 heterocycles. The van der Waals surface area contributed by atoms with Crippen LogP contribution < -0.4 is 10.0 Å². The Labute approximate surface area is 156 Å². The molecule has 0 aliphatic rings. The molecule has 138 valence electrons. The van der Waals surface area contributed by atoms with E-state index >= 15 is 0 Å². The van der Waals surface area contributed by atoms with Gasteiger partial charge in [-0.05, 0) is 48.9 Å². The van der Waals surface area contributed by atoms with E-state index in [1.165, 1.54) is 19.1 Å². The standard InChI is InChI=1S/C17H17ClN2O5S/c1-11(17(22)23)20-26(24,25)15-8-2-12(3-9-15)10-19-16(21)13-4-6-14(18)7-5-13/h2-9,11,20H,10H2,1H3,(H,19,21)(H,22,23)/t11-/m0/s1. The Morgan fingerprint density at radius 3 is 2.19 bits per heavy atom. The molecule has 0 aromatic heterocycles. The normalized spacial score (nSPS) is 12.4. The summed E-state index contributed by atoms with van der Waals surface area (Å²) in [5, 5.41) is 12.0. The molecule has 0 aliphatic heterocycles. The van der Waals surface area contributed by atoms with E-state index in [4.69, 9.17) is 16.7 Å². The first-order valence-electron chi connectivity index (χ1n) is 7.57. The van der Waals surface area contributed by atoms with E-state index in [2.05, 4.69) is 10.0 Å². The third kappa shape index (κ3) is 5.29. The van der Waals surface area contributed by atoms with Gasteiger partial charge >= 0.3 is 5.97 Å². The third-order valence-corrected chi connectivity index (χ3v) is 5.30. The molecule has 26 heavy (non-hydrogen) atoms. The molecule has 0 radical (unpaired) electrons. The lowest BCUT2D eigenvalue weighted by atomic mass is 10.2. The minimum absolute atomic E-state index is 0.0571. The second-order valence-corrected chi connectivity index (χ2v) is 7.67. The van der Waals surface area contributed by atoms with E-state index < -0.39 is 22.0 Å². The average Bonchev–Trinajstić information content (AvgIpc) is 2.60. The van der Waals surface area contributed by atoms with E-state index in [0.717, 1.165) is 0 Å². The molecule has 7 nitrogen and oxygen atoms in total. The van der Waals surface area contributed by atoms with Crippen molar-refractivity contribution in [3.8, 4) is 0 Å². The van der Waals surface area contributed by atoms with Crippen molar-refractivity contribution < 1.29 is 23.1 Å². The molecular weight excluding hydrogens is 380 g/mol. The number of carboxylic acid groups (broad SMARTS) is 1. The summed E-state index contributed by atoms with van der Waals surface area (Å²) in [7, 11) is -3.93. The van der Waals surface area contributed by atoms with Gasteiger partial charge in [-0.1, -0.05) is 23.7 Å². The summed E-state index contributed by atoms with van der Waals surface area (Å²) in [4.78, 5) is 22.7. The van der Waals surface area contributed by atoms with Crippen LogP contribution in [0.5, 0.6) is 0 Å². The van der Waals surface area contributed by atoms with Crippen molar-refractivity contribution in [2.24, 2.45) is 0 Å². The van der Waals surface area contributed by atoms with E-state index in [-0.39, 0.29) is 17.3 Å². The lowest BCUT2D eigenvalue weighted by Gasteiger charge is -2.11. The van der Waals surface area contributed by atoms with Gasteiger partial charge in [0.2, 0.25) is 10.0 Å². The van der Waals surface area contributed by atoms with Crippen LogP contribution in [0, 0.1) is 0 Å². The van der Waals surface area contributed by atoms with Gasteiger partial charge in [-0.3, -0.25) is 9.59 Å². The van der Waals surface area contributed by atoms with Crippen LogP contribution in [-0.4, -0.2) is 31.4 Å². The molecule has 3 N–H and O–H groups in total. The monoisotopic (exact) mass is 396 g/mol. The first-order chi connectivity index (χ1) is 12.2. The van der Waals surface area contributed by atoms with E-state index in [0.29, 0.717) is 16.1 Å². The molecular formula is C17H17ClN2O5S. The van der Waals surface area contributed by atoms with E-state index in [1.807, 2.05) is 0 Å². The minimum Gasteiger partial charge on any atom is -0.480 e. The molecule has 1 atom stereocenters. The van der Waals surface area contributed by atoms with Crippen LogP contribution >= 0.6 is 11.6 Å². The van der Waals surface area contributed by atoms with Crippen molar-refractivity contribution in [3.63, 3.8) is 0 Å². The number of carboxylic acids is 1. The van der Waals surface area contributed by atoms with E-state index in [9.17, 15) is 18.0 Å². The summed E-state index contributed by atoms with van der Waals surface area (Å²) < 4.78 is 26.2. The Hall–Kier alpha value is -2.42. The third-order valence-electron chi connectivity index (χ3n) is 3.50. The van der Waals surface area contributed by atoms with Gasteiger partial charge in [-0.25, -0.2) is 8.42 Å². The molecule has 9 heteroatoms. The van der Waals surface area contributed by atoms with Crippen molar-refractivity contribution in [2.75, 3.05) is 0 Å². The Morgan fingerprint density at radius 2 is 1.65 bits per heavy atom. The van der Waals surface area contributed by atoms with Gasteiger partial charge in [0, 0.05) is 17.1 Å². The summed E-state index contributed by atoms with van der Waals surface area (Å²) >= 11 is 5.77. The first-order valence-corrected chi connectivity index (χ1v) is 9.43. The molecule has 0 fully saturated rings. The van der Waals surface area contributed by atoms with Gasteiger partial charge in [0.15, 0.2) is 0 Å². The highest BCUT2D eigenvalue weighted by Gasteiger charge is 2.21. The Morgan fingerprint density at radius 1 is 1.08 bits per heavy atom. The van der Waals surface area contributed by atoms with Gasteiger partial charge in [0.25, 0.3) is 5.91 Å². The molecule has 0 bridgehead atoms. The SMILES string of the molecule is C[C@H](NS(=O)(=O)c1ccc(CNC(=O)c2ccc(Cl)cc2)cc1)C(=O)O. The highest BCUT2D eigenvalue weighted by molar-refractivity contribution is 7.89. The van der Waals surface area contributed by atoms with Gasteiger partial charge in [-0.15, -0.1) is 0 Å². The van der Waals surface area contributed by atoms with Crippen LogP contribution in [0.25, 0.3) is 0 Å². The predicted octanol–water partition coefficient (Wildman–Crippen LogP) is 2.02. The zero-order chi connectivity index (χ0) is 19.3. The maximum absolute atomic E-state index is 12.1. The van der Waals surface area contributed by atoms with Gasteiger partial charge in [0.1, 0.15) is 6.04 Å². The smallest absolute Gasteiger partial charge is 0.321 e. The average molecular weight is 397 g/mol. The van der Waals surface area contributed by atoms with Crippen LogP contribution in [0.1, 0.15) is 22.8 Å². The van der Waals surface area contributed by atoms with Crippen molar-refractivity contribution >= 4 is 33.5 Å². The molecule has 0 saturated carbocycles. The fourth-order valence-corrected chi connectivity index (χ4v) is 3.35. The number of carbonyl (C=O) groups excluding carboxylic acids is 1. The number of halogens is 1. The van der Waals surface area contributed by atoms with Crippen molar-refractivity contribution in [3.05, 3.63) is 64.7 Å². The number of carbonyl (C=O) groups is 2. The summed E-state index contributed by atoms with van der Waals surface area (Å²) in [6.45, 7) is 1.45. The van der Waals surface area contributed by atoms with Crippen molar-refractivity contribution in [1.29, 1.82) is 0 Å². The van der Waals surface area contributed by atoms with Gasteiger partial charge < -0.3 is 10.4 Å². The minimum atomic E-state index is -3.93. The second kappa shape index (κ2) is 8.31.